The zero-order chi connectivity index (χ0) is 21.7. The first kappa shape index (κ1) is 22.6. The molecule has 0 saturated carbocycles. The van der Waals surface area contributed by atoms with E-state index in [0.717, 1.165) is 3.61 Å². The molecule has 3 saturated heterocycles. The maximum atomic E-state index is 13.3. The van der Waals surface area contributed by atoms with Crippen molar-refractivity contribution >= 4 is 28.4 Å². The zero-order valence-corrected chi connectivity index (χ0v) is 20.6. The molecule has 8 heteroatoms. The minimum absolute atomic E-state index is 0.0816. The van der Waals surface area contributed by atoms with Gasteiger partial charge in [-0.3, -0.25) is 0 Å². The molecule has 30 heavy (non-hydrogen) atoms. The molecular formula is C22H30O7Te. The van der Waals surface area contributed by atoms with Gasteiger partial charge in [-0.25, -0.2) is 0 Å². The summed E-state index contributed by atoms with van der Waals surface area (Å²) in [6.07, 6.45) is -2.55. The van der Waals surface area contributed by atoms with Crippen molar-refractivity contribution in [2.75, 3.05) is 6.61 Å². The van der Waals surface area contributed by atoms with E-state index in [0.29, 0.717) is 6.61 Å². The van der Waals surface area contributed by atoms with Crippen molar-refractivity contribution in [3.05, 3.63) is 30.3 Å². The molecule has 0 aromatic heterocycles. The first-order chi connectivity index (χ1) is 13.9. The molecule has 0 spiro atoms. The van der Waals surface area contributed by atoms with Gasteiger partial charge in [0, 0.05) is 0 Å². The molecule has 3 aliphatic rings. The topological polar surface area (TPSA) is 72.5 Å². The number of hydrogen-bond donors (Lipinski definition) is 0. The fourth-order valence-electron chi connectivity index (χ4n) is 4.11. The number of benzene rings is 1. The molecule has 0 unspecified atom stereocenters. The van der Waals surface area contributed by atoms with Gasteiger partial charge in [-0.05, 0) is 0 Å². The average molecular weight is 534 g/mol. The Kier molecular flexibility index (Phi) is 6.10. The molecule has 0 amide bonds. The van der Waals surface area contributed by atoms with Crippen LogP contribution in [0.5, 0.6) is 0 Å². The monoisotopic (exact) mass is 536 g/mol. The Labute approximate surface area is 187 Å². The summed E-state index contributed by atoms with van der Waals surface area (Å²) in [4.78, 5) is 13.3. The van der Waals surface area contributed by atoms with Gasteiger partial charge in [-0.2, -0.15) is 0 Å². The Hall–Kier alpha value is -0.560. The Morgan fingerprint density at radius 2 is 1.40 bits per heavy atom. The van der Waals surface area contributed by atoms with E-state index in [4.69, 9.17) is 28.4 Å². The van der Waals surface area contributed by atoms with Crippen LogP contribution in [0.25, 0.3) is 0 Å². The molecule has 3 aliphatic heterocycles. The van der Waals surface area contributed by atoms with E-state index in [-0.39, 0.29) is 9.94 Å². The van der Waals surface area contributed by atoms with Crippen LogP contribution in [0.2, 0.25) is 0 Å². The zero-order valence-electron chi connectivity index (χ0n) is 18.2. The summed E-state index contributed by atoms with van der Waals surface area (Å²) >= 11 is -1.11. The van der Waals surface area contributed by atoms with Crippen molar-refractivity contribution in [1.82, 2.24) is 0 Å². The van der Waals surface area contributed by atoms with E-state index >= 15 is 0 Å². The van der Waals surface area contributed by atoms with Gasteiger partial charge in [0.1, 0.15) is 0 Å². The van der Waals surface area contributed by atoms with E-state index < -0.39 is 62.7 Å². The molecule has 0 aliphatic carbocycles. The van der Waals surface area contributed by atoms with E-state index in [9.17, 15) is 4.79 Å². The van der Waals surface area contributed by atoms with Crippen molar-refractivity contribution in [3.8, 4) is 0 Å². The first-order valence-electron chi connectivity index (χ1n) is 10.2. The van der Waals surface area contributed by atoms with Gasteiger partial charge < -0.3 is 0 Å². The molecule has 5 atom stereocenters. The predicted octanol–water partition coefficient (Wildman–Crippen LogP) is 1.73. The summed E-state index contributed by atoms with van der Waals surface area (Å²) in [5.41, 5.74) is 0. The third-order valence-corrected chi connectivity index (χ3v) is 7.89. The second kappa shape index (κ2) is 8.09. The molecule has 0 radical (unpaired) electrons. The van der Waals surface area contributed by atoms with Gasteiger partial charge in [0.25, 0.3) is 0 Å². The molecule has 1 aromatic rings. The van der Waals surface area contributed by atoms with Gasteiger partial charge >= 0.3 is 188 Å². The van der Waals surface area contributed by atoms with Crippen LogP contribution < -0.4 is 3.61 Å². The second-order valence-electron chi connectivity index (χ2n) is 9.19. The summed E-state index contributed by atoms with van der Waals surface area (Å²) in [5, 5.41) is 0. The third kappa shape index (κ3) is 4.92. The Balaban J connectivity index is 1.57. The molecule has 0 N–H and O–H groups in total. The molecule has 1 aromatic carbocycles. The van der Waals surface area contributed by atoms with Gasteiger partial charge in [0.05, 0.1) is 0 Å². The number of carbonyl (C=O) groups excluding carboxylic acids is 1. The Morgan fingerprint density at radius 1 is 0.800 bits per heavy atom. The summed E-state index contributed by atoms with van der Waals surface area (Å²) in [7, 11) is 0. The van der Waals surface area contributed by atoms with E-state index in [1.54, 1.807) is 0 Å². The van der Waals surface area contributed by atoms with Gasteiger partial charge in [0.15, 0.2) is 0 Å². The number of carbonyl (C=O) groups is 1. The summed E-state index contributed by atoms with van der Waals surface area (Å²) < 4.78 is 37.7. The Morgan fingerprint density at radius 3 is 2.03 bits per heavy atom. The molecule has 0 bridgehead atoms. The van der Waals surface area contributed by atoms with Gasteiger partial charge in [0.2, 0.25) is 0 Å². The first-order valence-corrected chi connectivity index (χ1v) is 12.6. The van der Waals surface area contributed by atoms with E-state index in [1.165, 1.54) is 0 Å². The van der Waals surface area contributed by atoms with Crippen LogP contribution in [0.3, 0.4) is 0 Å². The van der Waals surface area contributed by atoms with Crippen LogP contribution in [-0.2, 0) is 33.2 Å². The number of rotatable bonds is 5. The van der Waals surface area contributed by atoms with Crippen molar-refractivity contribution in [2.24, 2.45) is 0 Å². The van der Waals surface area contributed by atoms with Crippen molar-refractivity contribution < 1.29 is 33.2 Å². The fraction of sp³-hybridized carbons (Fsp3) is 0.682. The van der Waals surface area contributed by atoms with Crippen LogP contribution in [0.4, 0.5) is 0 Å². The third-order valence-electron chi connectivity index (χ3n) is 5.21. The molecule has 166 valence electrons. The molecular weight excluding hydrogens is 504 g/mol. The number of ether oxygens (including phenoxy) is 6. The van der Waals surface area contributed by atoms with E-state index in [2.05, 4.69) is 0 Å². The summed E-state index contributed by atoms with van der Waals surface area (Å²) in [5.74, 6) is -2.40. The quantitative estimate of drug-likeness (QED) is 0.534. The predicted molar refractivity (Wildman–Crippen MR) is 109 cm³/mol. The van der Waals surface area contributed by atoms with Gasteiger partial charge in [-0.1, -0.05) is 0 Å². The van der Waals surface area contributed by atoms with Crippen molar-refractivity contribution in [3.63, 3.8) is 0 Å². The van der Waals surface area contributed by atoms with Crippen LogP contribution in [-0.4, -0.2) is 79.2 Å². The Bertz CT molecular complexity index is 779. The minimum atomic E-state index is -1.11. The summed E-state index contributed by atoms with van der Waals surface area (Å²) in [6, 6.07) is 9.83. The number of hydrogen-bond acceptors (Lipinski definition) is 7. The van der Waals surface area contributed by atoms with Crippen molar-refractivity contribution in [2.45, 2.75) is 89.4 Å². The maximum absolute atomic E-state index is 13.3. The standard InChI is InChI=1S/C22H30O7Te/c1-20(2)24-12-14(25-20)15-16(27-21(3,4)26-15)17-18(29-22(5,6)28-17)19(23)30-13-10-8-7-9-11-13/h7-11,14-18H,12H2,1-6H3/t14-,15-,16+,17+,18-/m1/s1. The fourth-order valence-corrected chi connectivity index (χ4v) is 6.46. The SMILES string of the molecule is CC1(C)O[C@H]([C@@H]2OC(C)(C)O[C@H]2C(=O)[Te]c2ccccc2)[C@@H]([C@H]2COC(C)(C)O2)O1. The molecule has 3 fully saturated rings. The van der Waals surface area contributed by atoms with Crippen LogP contribution in [0.15, 0.2) is 30.3 Å². The van der Waals surface area contributed by atoms with Crippen LogP contribution >= 0.6 is 0 Å². The molecule has 4 rings (SSSR count). The normalized spacial score (nSPS) is 36.8. The molecule has 3 heterocycles. The van der Waals surface area contributed by atoms with Gasteiger partial charge in [-0.15, -0.1) is 0 Å². The molecule has 7 nitrogen and oxygen atoms in total. The van der Waals surface area contributed by atoms with Crippen molar-refractivity contribution in [1.29, 1.82) is 0 Å². The van der Waals surface area contributed by atoms with E-state index in [1.807, 2.05) is 71.9 Å². The van der Waals surface area contributed by atoms with Crippen LogP contribution in [0.1, 0.15) is 41.5 Å². The average Bonchev–Trinajstić information content (AvgIpc) is 3.27. The summed E-state index contributed by atoms with van der Waals surface area (Å²) in [6.45, 7) is 11.5. The van der Waals surface area contributed by atoms with Crippen LogP contribution in [0, 0.1) is 0 Å². The second-order valence-corrected chi connectivity index (χ2v) is 12.3.